The fourth-order valence-electron chi connectivity index (χ4n) is 3.08. The van der Waals surface area contributed by atoms with Gasteiger partial charge >= 0.3 is 0 Å². The van der Waals surface area contributed by atoms with Crippen molar-refractivity contribution in [1.29, 1.82) is 0 Å². The zero-order valence-corrected chi connectivity index (χ0v) is 17.6. The van der Waals surface area contributed by atoms with Crippen molar-refractivity contribution < 1.29 is 14.0 Å². The molecule has 5 nitrogen and oxygen atoms in total. The van der Waals surface area contributed by atoms with E-state index in [4.69, 9.17) is 11.6 Å². The maximum absolute atomic E-state index is 13.9. The van der Waals surface area contributed by atoms with Gasteiger partial charge in [-0.2, -0.15) is 0 Å². The lowest BCUT2D eigenvalue weighted by atomic mass is 10.1. The van der Waals surface area contributed by atoms with Gasteiger partial charge in [0.05, 0.1) is 11.7 Å². The van der Waals surface area contributed by atoms with E-state index in [2.05, 4.69) is 21.2 Å². The number of halogens is 3. The Bertz CT molecular complexity index is 870. The summed E-state index contributed by atoms with van der Waals surface area (Å²) in [7, 11) is 0. The molecule has 0 radical (unpaired) electrons. The van der Waals surface area contributed by atoms with E-state index in [-0.39, 0.29) is 17.5 Å². The van der Waals surface area contributed by atoms with Crippen molar-refractivity contribution in [2.45, 2.75) is 13.0 Å². The first kappa shape index (κ1) is 20.8. The molecule has 148 valence electrons. The van der Waals surface area contributed by atoms with E-state index in [0.29, 0.717) is 41.2 Å². The Morgan fingerprint density at radius 2 is 1.75 bits per heavy atom. The highest BCUT2D eigenvalue weighted by atomic mass is 79.9. The first-order valence-electron chi connectivity index (χ1n) is 8.90. The molecule has 0 aliphatic carbocycles. The molecule has 1 fully saturated rings. The lowest BCUT2D eigenvalue weighted by molar-refractivity contribution is -0.121. The van der Waals surface area contributed by atoms with Crippen molar-refractivity contribution in [1.82, 2.24) is 9.80 Å². The monoisotopic (exact) mass is 467 g/mol. The number of rotatable bonds is 4. The number of hydrogen-bond donors (Lipinski definition) is 1. The largest absolute Gasteiger partial charge is 0.336 e. The average molecular weight is 469 g/mol. The number of hydrogen-bond acceptors (Lipinski definition) is 3. The number of nitrogens with zero attached hydrogens (tertiary/aromatic N) is 2. The van der Waals surface area contributed by atoms with Gasteiger partial charge in [-0.3, -0.25) is 14.5 Å². The van der Waals surface area contributed by atoms with E-state index >= 15 is 0 Å². The molecule has 2 aromatic carbocycles. The van der Waals surface area contributed by atoms with Crippen LogP contribution in [-0.4, -0.2) is 53.8 Å². The average Bonchev–Trinajstić information content (AvgIpc) is 2.69. The lowest BCUT2D eigenvalue weighted by Crippen LogP contribution is -2.54. The summed E-state index contributed by atoms with van der Waals surface area (Å²) >= 11 is 9.06. The van der Waals surface area contributed by atoms with E-state index in [9.17, 15) is 14.0 Å². The van der Waals surface area contributed by atoms with Crippen molar-refractivity contribution in [3.05, 3.63) is 63.3 Å². The number of anilines is 1. The molecule has 2 amide bonds. The van der Waals surface area contributed by atoms with Crippen molar-refractivity contribution in [2.24, 2.45) is 0 Å². The third kappa shape index (κ3) is 4.90. The Hall–Kier alpha value is -1.96. The van der Waals surface area contributed by atoms with Crippen LogP contribution in [0.4, 0.5) is 10.1 Å². The van der Waals surface area contributed by atoms with E-state index in [1.54, 1.807) is 42.2 Å². The highest BCUT2D eigenvalue weighted by molar-refractivity contribution is 9.10. The second-order valence-electron chi connectivity index (χ2n) is 6.62. The summed E-state index contributed by atoms with van der Waals surface area (Å²) in [5.74, 6) is -0.822. The Balaban J connectivity index is 1.55. The first-order valence-corrected chi connectivity index (χ1v) is 10.1. The molecule has 1 heterocycles. The standard InChI is InChI=1S/C20H20BrClFN3O2/c1-13(19(27)24-18-7-4-15(21)12-17(18)23)25-8-10-26(11-9-25)20(28)14-2-5-16(22)6-3-14/h2-7,12-13H,8-11H2,1H3,(H,24,27). The Morgan fingerprint density at radius 3 is 2.36 bits per heavy atom. The fourth-order valence-corrected chi connectivity index (χ4v) is 3.54. The van der Waals surface area contributed by atoms with Crippen LogP contribution in [-0.2, 0) is 4.79 Å². The van der Waals surface area contributed by atoms with Crippen molar-refractivity contribution >= 4 is 45.0 Å². The Kier molecular flexibility index (Phi) is 6.69. The lowest BCUT2D eigenvalue weighted by Gasteiger charge is -2.37. The molecule has 1 saturated heterocycles. The minimum atomic E-state index is -0.492. The van der Waals surface area contributed by atoms with E-state index < -0.39 is 11.9 Å². The molecule has 28 heavy (non-hydrogen) atoms. The molecular weight excluding hydrogens is 449 g/mol. The van der Waals surface area contributed by atoms with Gasteiger partial charge < -0.3 is 10.2 Å². The van der Waals surface area contributed by atoms with E-state index in [1.807, 2.05) is 4.90 Å². The molecule has 1 aliphatic heterocycles. The van der Waals surface area contributed by atoms with Crippen LogP contribution in [0.1, 0.15) is 17.3 Å². The minimum absolute atomic E-state index is 0.0506. The molecule has 1 aliphatic rings. The number of amides is 2. The van der Waals surface area contributed by atoms with Gasteiger partial charge in [0.25, 0.3) is 5.91 Å². The van der Waals surface area contributed by atoms with Gasteiger partial charge in [-0.25, -0.2) is 4.39 Å². The topological polar surface area (TPSA) is 52.7 Å². The molecule has 1 N–H and O–H groups in total. The van der Waals surface area contributed by atoms with Gasteiger partial charge in [-0.15, -0.1) is 0 Å². The third-order valence-electron chi connectivity index (χ3n) is 4.81. The molecule has 1 unspecified atom stereocenters. The summed E-state index contributed by atoms with van der Waals surface area (Å²) in [5.41, 5.74) is 0.742. The van der Waals surface area contributed by atoms with Gasteiger partial charge in [-0.05, 0) is 49.4 Å². The fraction of sp³-hybridized carbons (Fsp3) is 0.300. The van der Waals surface area contributed by atoms with Crippen LogP contribution in [0.2, 0.25) is 5.02 Å². The van der Waals surface area contributed by atoms with Gasteiger partial charge in [0, 0.05) is 41.2 Å². The number of nitrogens with one attached hydrogen (secondary N) is 1. The second kappa shape index (κ2) is 9.03. The van der Waals surface area contributed by atoms with Gasteiger partial charge in [0.1, 0.15) is 5.82 Å². The SMILES string of the molecule is CC(C(=O)Nc1ccc(Br)cc1F)N1CCN(C(=O)c2ccc(Cl)cc2)CC1. The third-order valence-corrected chi connectivity index (χ3v) is 5.55. The quantitative estimate of drug-likeness (QED) is 0.737. The summed E-state index contributed by atoms with van der Waals surface area (Å²) in [6, 6.07) is 10.9. The smallest absolute Gasteiger partial charge is 0.253 e. The maximum Gasteiger partial charge on any atom is 0.253 e. The van der Waals surface area contributed by atoms with Crippen molar-refractivity contribution in [2.75, 3.05) is 31.5 Å². The van der Waals surface area contributed by atoms with Crippen molar-refractivity contribution in [3.8, 4) is 0 Å². The number of piperazine rings is 1. The normalized spacial score (nSPS) is 15.9. The van der Waals surface area contributed by atoms with Crippen LogP contribution in [0, 0.1) is 5.82 Å². The second-order valence-corrected chi connectivity index (χ2v) is 7.98. The van der Waals surface area contributed by atoms with Crippen LogP contribution >= 0.6 is 27.5 Å². The van der Waals surface area contributed by atoms with Gasteiger partial charge in [0.15, 0.2) is 0 Å². The molecule has 8 heteroatoms. The summed E-state index contributed by atoms with van der Waals surface area (Å²) in [5, 5.41) is 3.22. The Morgan fingerprint density at radius 1 is 1.11 bits per heavy atom. The van der Waals surface area contributed by atoms with E-state index in [1.165, 1.54) is 12.1 Å². The van der Waals surface area contributed by atoms with Crippen LogP contribution in [0.15, 0.2) is 46.9 Å². The van der Waals surface area contributed by atoms with Crippen LogP contribution in [0.3, 0.4) is 0 Å². The van der Waals surface area contributed by atoms with Crippen LogP contribution in [0.5, 0.6) is 0 Å². The molecule has 0 saturated carbocycles. The summed E-state index contributed by atoms with van der Waals surface area (Å²) in [6.07, 6.45) is 0. The van der Waals surface area contributed by atoms with E-state index in [0.717, 1.165) is 0 Å². The molecule has 0 bridgehead atoms. The highest BCUT2D eigenvalue weighted by Gasteiger charge is 2.28. The predicted molar refractivity (Wildman–Crippen MR) is 111 cm³/mol. The van der Waals surface area contributed by atoms with Crippen LogP contribution < -0.4 is 5.32 Å². The molecule has 2 aromatic rings. The highest BCUT2D eigenvalue weighted by Crippen LogP contribution is 2.20. The zero-order chi connectivity index (χ0) is 20.3. The molecule has 0 aromatic heterocycles. The summed E-state index contributed by atoms with van der Waals surface area (Å²) < 4.78 is 14.5. The van der Waals surface area contributed by atoms with Crippen LogP contribution in [0.25, 0.3) is 0 Å². The summed E-state index contributed by atoms with van der Waals surface area (Å²) in [4.78, 5) is 28.8. The molecular formula is C20H20BrClFN3O2. The predicted octanol–water partition coefficient (Wildman–Crippen LogP) is 4.03. The van der Waals surface area contributed by atoms with Gasteiger partial charge in [-0.1, -0.05) is 27.5 Å². The Labute approximate surface area is 176 Å². The number of benzene rings is 2. The minimum Gasteiger partial charge on any atom is -0.336 e. The number of carbonyl (C=O) groups is 2. The zero-order valence-electron chi connectivity index (χ0n) is 15.3. The summed E-state index contributed by atoms with van der Waals surface area (Å²) in [6.45, 7) is 3.95. The maximum atomic E-state index is 13.9. The first-order chi connectivity index (χ1) is 13.3. The van der Waals surface area contributed by atoms with Crippen molar-refractivity contribution in [3.63, 3.8) is 0 Å². The molecule has 3 rings (SSSR count). The van der Waals surface area contributed by atoms with Gasteiger partial charge in [0.2, 0.25) is 5.91 Å². The number of carbonyl (C=O) groups excluding carboxylic acids is 2. The molecule has 0 spiro atoms. The molecule has 1 atom stereocenters.